The van der Waals surface area contributed by atoms with Crippen LogP contribution in [-0.2, 0) is 4.79 Å². The van der Waals surface area contributed by atoms with Gasteiger partial charge < -0.3 is 20.9 Å². The standard InChI is InChI=1S/C13H26N4O2/c1-4-5-6-11(15-13(14)19)12(18)17-8-7-16(3)9-10(17)2/h10-11H,4-9H2,1-3H3,(H3,14,15,19)/t10-,11+/m0/s1. The molecule has 3 N–H and O–H groups in total. The number of likely N-dealkylation sites (N-methyl/N-ethyl adjacent to an activating group) is 1. The number of nitrogens with one attached hydrogen (secondary N) is 1. The first-order valence-electron chi connectivity index (χ1n) is 7.00. The summed E-state index contributed by atoms with van der Waals surface area (Å²) < 4.78 is 0. The number of carbonyl (C=O) groups is 2. The minimum absolute atomic E-state index is 0.00662. The monoisotopic (exact) mass is 270 g/mol. The van der Waals surface area contributed by atoms with Crippen LogP contribution in [0, 0.1) is 0 Å². The fourth-order valence-electron chi connectivity index (χ4n) is 2.50. The van der Waals surface area contributed by atoms with Crippen LogP contribution in [0.15, 0.2) is 0 Å². The molecular formula is C13H26N4O2. The van der Waals surface area contributed by atoms with Gasteiger partial charge in [0.1, 0.15) is 6.04 Å². The Hall–Kier alpha value is -1.30. The number of primary amides is 1. The molecule has 1 heterocycles. The number of hydrogen-bond donors (Lipinski definition) is 2. The fraction of sp³-hybridized carbons (Fsp3) is 0.846. The maximum atomic E-state index is 12.5. The number of urea groups is 1. The van der Waals surface area contributed by atoms with Crippen LogP contribution in [0.25, 0.3) is 0 Å². The third-order valence-electron chi connectivity index (χ3n) is 3.57. The molecule has 19 heavy (non-hydrogen) atoms. The summed E-state index contributed by atoms with van der Waals surface area (Å²) in [5.41, 5.74) is 5.16. The van der Waals surface area contributed by atoms with E-state index in [4.69, 9.17) is 5.73 Å². The zero-order chi connectivity index (χ0) is 14.4. The summed E-state index contributed by atoms with van der Waals surface area (Å²) in [6, 6.07) is -0.940. The van der Waals surface area contributed by atoms with Crippen LogP contribution in [0.3, 0.4) is 0 Å². The first kappa shape index (κ1) is 15.8. The number of nitrogens with two attached hydrogens (primary N) is 1. The Morgan fingerprint density at radius 3 is 2.63 bits per heavy atom. The molecular weight excluding hydrogens is 244 g/mol. The van der Waals surface area contributed by atoms with Gasteiger partial charge in [0.15, 0.2) is 0 Å². The molecule has 1 aliphatic heterocycles. The zero-order valence-corrected chi connectivity index (χ0v) is 12.2. The van der Waals surface area contributed by atoms with E-state index in [-0.39, 0.29) is 11.9 Å². The van der Waals surface area contributed by atoms with Gasteiger partial charge in [0.25, 0.3) is 0 Å². The Labute approximate surface area is 115 Å². The van der Waals surface area contributed by atoms with Crippen molar-refractivity contribution in [1.82, 2.24) is 15.1 Å². The number of unbranched alkanes of at least 4 members (excludes halogenated alkanes) is 1. The van der Waals surface area contributed by atoms with Crippen molar-refractivity contribution >= 4 is 11.9 Å². The van der Waals surface area contributed by atoms with Crippen molar-refractivity contribution in [1.29, 1.82) is 0 Å². The third-order valence-corrected chi connectivity index (χ3v) is 3.57. The van der Waals surface area contributed by atoms with Crippen LogP contribution in [0.1, 0.15) is 33.1 Å². The SMILES string of the molecule is CCCC[C@@H](NC(N)=O)C(=O)N1CCN(C)C[C@@H]1C. The van der Waals surface area contributed by atoms with Crippen LogP contribution in [-0.4, -0.2) is 60.5 Å². The van der Waals surface area contributed by atoms with E-state index in [9.17, 15) is 9.59 Å². The normalized spacial score (nSPS) is 22.1. The molecule has 2 atom stereocenters. The first-order valence-corrected chi connectivity index (χ1v) is 7.00. The highest BCUT2D eigenvalue weighted by Gasteiger charge is 2.30. The summed E-state index contributed by atoms with van der Waals surface area (Å²) in [5, 5.41) is 2.58. The van der Waals surface area contributed by atoms with Crippen molar-refractivity contribution in [2.45, 2.75) is 45.2 Å². The van der Waals surface area contributed by atoms with Gasteiger partial charge in [0.05, 0.1) is 0 Å². The molecule has 0 spiro atoms. The van der Waals surface area contributed by atoms with Crippen molar-refractivity contribution in [2.75, 3.05) is 26.7 Å². The van der Waals surface area contributed by atoms with E-state index in [0.29, 0.717) is 13.0 Å². The van der Waals surface area contributed by atoms with Gasteiger partial charge in [0.2, 0.25) is 5.91 Å². The highest BCUT2D eigenvalue weighted by Crippen LogP contribution is 2.12. The predicted octanol–water partition coefficient (Wildman–Crippen LogP) is 0.376. The second-order valence-corrected chi connectivity index (χ2v) is 5.35. The van der Waals surface area contributed by atoms with Crippen LogP contribution in [0.4, 0.5) is 4.79 Å². The predicted molar refractivity (Wildman–Crippen MR) is 74.7 cm³/mol. The van der Waals surface area contributed by atoms with Gasteiger partial charge in [-0.15, -0.1) is 0 Å². The molecule has 0 aliphatic carbocycles. The van der Waals surface area contributed by atoms with Crippen LogP contribution >= 0.6 is 0 Å². The van der Waals surface area contributed by atoms with E-state index in [1.54, 1.807) is 0 Å². The van der Waals surface area contributed by atoms with Crippen LogP contribution in [0.2, 0.25) is 0 Å². The summed E-state index contributed by atoms with van der Waals surface area (Å²) in [4.78, 5) is 27.6. The highest BCUT2D eigenvalue weighted by molar-refractivity contribution is 5.86. The average molecular weight is 270 g/mol. The van der Waals surface area contributed by atoms with Crippen molar-refractivity contribution in [3.05, 3.63) is 0 Å². The summed E-state index contributed by atoms with van der Waals surface area (Å²) in [6.45, 7) is 6.54. The van der Waals surface area contributed by atoms with E-state index in [2.05, 4.69) is 24.2 Å². The molecule has 0 unspecified atom stereocenters. The Bertz CT molecular complexity index is 322. The summed E-state index contributed by atoms with van der Waals surface area (Å²) in [6.07, 6.45) is 2.54. The van der Waals surface area contributed by atoms with Gasteiger partial charge in [-0.25, -0.2) is 4.79 Å². The molecule has 0 aromatic rings. The quantitative estimate of drug-likeness (QED) is 0.758. The maximum absolute atomic E-state index is 12.5. The number of carbonyl (C=O) groups excluding carboxylic acids is 2. The molecule has 1 aliphatic rings. The molecule has 0 saturated carbocycles. The molecule has 0 radical (unpaired) electrons. The van der Waals surface area contributed by atoms with Crippen LogP contribution < -0.4 is 11.1 Å². The molecule has 0 aromatic heterocycles. The lowest BCUT2D eigenvalue weighted by atomic mass is 10.1. The Kier molecular flexibility index (Phi) is 6.08. The van der Waals surface area contributed by atoms with E-state index in [1.807, 2.05) is 11.8 Å². The van der Waals surface area contributed by atoms with E-state index >= 15 is 0 Å². The summed E-state index contributed by atoms with van der Waals surface area (Å²) >= 11 is 0. The second-order valence-electron chi connectivity index (χ2n) is 5.35. The number of hydrogen-bond acceptors (Lipinski definition) is 3. The second kappa shape index (κ2) is 7.33. The minimum atomic E-state index is -0.628. The number of amides is 3. The molecule has 3 amide bonds. The Balaban J connectivity index is 2.66. The van der Waals surface area contributed by atoms with E-state index < -0.39 is 12.1 Å². The minimum Gasteiger partial charge on any atom is -0.352 e. The van der Waals surface area contributed by atoms with Crippen molar-refractivity contribution in [2.24, 2.45) is 5.73 Å². The molecule has 1 saturated heterocycles. The molecule has 0 bridgehead atoms. The van der Waals surface area contributed by atoms with E-state index in [1.165, 1.54) is 0 Å². The van der Waals surface area contributed by atoms with Crippen LogP contribution in [0.5, 0.6) is 0 Å². The van der Waals surface area contributed by atoms with Crippen molar-refractivity contribution in [3.63, 3.8) is 0 Å². The number of piperazine rings is 1. The zero-order valence-electron chi connectivity index (χ0n) is 12.2. The first-order chi connectivity index (χ1) is 8.95. The maximum Gasteiger partial charge on any atom is 0.312 e. The van der Waals surface area contributed by atoms with Gasteiger partial charge in [-0.1, -0.05) is 19.8 Å². The molecule has 0 aromatic carbocycles. The highest BCUT2D eigenvalue weighted by atomic mass is 16.2. The van der Waals surface area contributed by atoms with Crippen molar-refractivity contribution < 1.29 is 9.59 Å². The lowest BCUT2D eigenvalue weighted by molar-refractivity contribution is -0.137. The molecule has 1 rings (SSSR count). The molecule has 6 heteroatoms. The van der Waals surface area contributed by atoms with Gasteiger partial charge in [-0.05, 0) is 20.4 Å². The lowest BCUT2D eigenvalue weighted by Crippen LogP contribution is -2.58. The largest absolute Gasteiger partial charge is 0.352 e. The topological polar surface area (TPSA) is 78.7 Å². The van der Waals surface area contributed by atoms with Gasteiger partial charge in [-0.3, -0.25) is 4.79 Å². The summed E-state index contributed by atoms with van der Waals surface area (Å²) in [5.74, 6) is -0.00662. The molecule has 110 valence electrons. The van der Waals surface area contributed by atoms with Gasteiger partial charge in [-0.2, -0.15) is 0 Å². The lowest BCUT2D eigenvalue weighted by Gasteiger charge is -2.39. The third kappa shape index (κ3) is 4.70. The molecule has 6 nitrogen and oxygen atoms in total. The average Bonchev–Trinajstić information content (AvgIpc) is 2.33. The smallest absolute Gasteiger partial charge is 0.312 e. The number of nitrogens with zero attached hydrogens (tertiary/aromatic N) is 2. The Morgan fingerprint density at radius 1 is 1.42 bits per heavy atom. The Morgan fingerprint density at radius 2 is 2.11 bits per heavy atom. The number of rotatable bonds is 5. The van der Waals surface area contributed by atoms with Gasteiger partial charge >= 0.3 is 6.03 Å². The summed E-state index contributed by atoms with van der Waals surface area (Å²) in [7, 11) is 2.05. The van der Waals surface area contributed by atoms with Crippen molar-refractivity contribution in [3.8, 4) is 0 Å². The molecule has 1 fully saturated rings. The van der Waals surface area contributed by atoms with Gasteiger partial charge in [0, 0.05) is 25.7 Å². The van der Waals surface area contributed by atoms with E-state index in [0.717, 1.165) is 25.9 Å². The fourth-order valence-corrected chi connectivity index (χ4v) is 2.50.